The summed E-state index contributed by atoms with van der Waals surface area (Å²) < 4.78 is 16.3. The van der Waals surface area contributed by atoms with Gasteiger partial charge in [0.05, 0.1) is 17.9 Å². The quantitative estimate of drug-likeness (QED) is 0.768. The summed E-state index contributed by atoms with van der Waals surface area (Å²) in [5.41, 5.74) is 3.78. The molecule has 0 radical (unpaired) electrons. The van der Waals surface area contributed by atoms with E-state index in [4.69, 9.17) is 0 Å². The van der Waals surface area contributed by atoms with Gasteiger partial charge in [-0.25, -0.2) is 14.2 Å². The number of carboxylic acid groups (broad SMARTS) is 1. The summed E-state index contributed by atoms with van der Waals surface area (Å²) >= 11 is 0. The fourth-order valence-electron chi connectivity index (χ4n) is 3.58. The third kappa shape index (κ3) is 2.65. The second-order valence-electron chi connectivity index (χ2n) is 6.91. The lowest BCUT2D eigenvalue weighted by atomic mass is 9.96. The molecule has 1 aromatic heterocycles. The molecule has 1 N–H and O–H groups in total. The molecule has 0 atom stereocenters. The highest BCUT2D eigenvalue weighted by molar-refractivity contribution is 6.15. The van der Waals surface area contributed by atoms with E-state index in [1.54, 1.807) is 22.8 Å². The van der Waals surface area contributed by atoms with Gasteiger partial charge in [-0.15, -0.1) is 0 Å². The molecule has 1 aliphatic heterocycles. The standard InChI is InChI=1S/C21H16FN3O2/c22-16-4-2-1-3-14(16)20-15-9-13(12-5-6-12)7-8-18(15)25-11-17(21(26)27)24-19(25)10-23-20/h1-4,7-9,11-12H,5-6,10H2,(H,26,27). The number of rotatable bonds is 3. The van der Waals surface area contributed by atoms with E-state index in [-0.39, 0.29) is 18.1 Å². The van der Waals surface area contributed by atoms with Crippen molar-refractivity contribution in [2.45, 2.75) is 25.3 Å². The van der Waals surface area contributed by atoms with E-state index in [0.717, 1.165) is 24.1 Å². The fourth-order valence-corrected chi connectivity index (χ4v) is 3.58. The van der Waals surface area contributed by atoms with Gasteiger partial charge in [0.1, 0.15) is 11.6 Å². The van der Waals surface area contributed by atoms with Crippen molar-refractivity contribution < 1.29 is 14.3 Å². The van der Waals surface area contributed by atoms with Gasteiger partial charge in [0.2, 0.25) is 0 Å². The molecular weight excluding hydrogens is 345 g/mol. The van der Waals surface area contributed by atoms with Crippen LogP contribution in [0.25, 0.3) is 5.69 Å². The zero-order chi connectivity index (χ0) is 18.5. The van der Waals surface area contributed by atoms with Gasteiger partial charge >= 0.3 is 5.97 Å². The molecule has 2 aliphatic rings. The van der Waals surface area contributed by atoms with Gasteiger partial charge in [-0.3, -0.25) is 4.99 Å². The second kappa shape index (κ2) is 5.87. The van der Waals surface area contributed by atoms with Gasteiger partial charge in [-0.05, 0) is 48.6 Å². The Balaban J connectivity index is 1.75. The molecule has 5 rings (SSSR count). The molecule has 1 fully saturated rings. The molecule has 27 heavy (non-hydrogen) atoms. The van der Waals surface area contributed by atoms with Crippen LogP contribution in [-0.4, -0.2) is 26.3 Å². The molecule has 1 saturated carbocycles. The number of hydrogen-bond donors (Lipinski definition) is 1. The molecule has 134 valence electrons. The van der Waals surface area contributed by atoms with Crippen molar-refractivity contribution in [3.8, 4) is 5.69 Å². The van der Waals surface area contributed by atoms with Gasteiger partial charge in [0.15, 0.2) is 5.69 Å². The summed E-state index contributed by atoms with van der Waals surface area (Å²) in [6, 6.07) is 12.7. The molecule has 0 saturated heterocycles. The highest BCUT2D eigenvalue weighted by Gasteiger charge is 2.28. The van der Waals surface area contributed by atoms with Crippen molar-refractivity contribution >= 4 is 11.7 Å². The number of benzene rings is 2. The van der Waals surface area contributed by atoms with Crippen LogP contribution in [0.1, 0.15) is 51.8 Å². The number of imidazole rings is 1. The van der Waals surface area contributed by atoms with Gasteiger partial charge in [0.25, 0.3) is 0 Å². The van der Waals surface area contributed by atoms with Crippen LogP contribution in [0.15, 0.2) is 53.7 Å². The smallest absolute Gasteiger partial charge is 0.356 e. The van der Waals surface area contributed by atoms with Crippen LogP contribution < -0.4 is 0 Å². The predicted molar refractivity (Wildman–Crippen MR) is 98.2 cm³/mol. The highest BCUT2D eigenvalue weighted by Crippen LogP contribution is 2.41. The van der Waals surface area contributed by atoms with Gasteiger partial charge in [-0.1, -0.05) is 18.2 Å². The van der Waals surface area contributed by atoms with Crippen molar-refractivity contribution in [3.05, 3.63) is 82.7 Å². The summed E-state index contributed by atoms with van der Waals surface area (Å²) in [6.45, 7) is 0.185. The van der Waals surface area contributed by atoms with Crippen molar-refractivity contribution in [2.75, 3.05) is 0 Å². The lowest BCUT2D eigenvalue weighted by molar-refractivity contribution is 0.0691. The predicted octanol–water partition coefficient (Wildman–Crippen LogP) is 3.94. The summed E-state index contributed by atoms with van der Waals surface area (Å²) in [7, 11) is 0. The molecule has 3 aromatic rings. The van der Waals surface area contributed by atoms with Crippen LogP contribution in [0.3, 0.4) is 0 Å². The minimum Gasteiger partial charge on any atom is -0.476 e. The first-order valence-corrected chi connectivity index (χ1v) is 8.87. The van der Waals surface area contributed by atoms with Crippen LogP contribution in [0.4, 0.5) is 4.39 Å². The minimum absolute atomic E-state index is 0.0215. The number of hydrogen-bond acceptors (Lipinski definition) is 3. The van der Waals surface area contributed by atoms with Gasteiger partial charge in [-0.2, -0.15) is 0 Å². The summed E-state index contributed by atoms with van der Waals surface area (Å²) in [6.07, 6.45) is 3.82. The number of aromatic carboxylic acids is 1. The van der Waals surface area contributed by atoms with E-state index in [9.17, 15) is 14.3 Å². The van der Waals surface area contributed by atoms with E-state index >= 15 is 0 Å². The Morgan fingerprint density at radius 3 is 2.70 bits per heavy atom. The monoisotopic (exact) mass is 361 g/mol. The number of fused-ring (bicyclic) bond motifs is 3. The normalized spacial score (nSPS) is 15.5. The maximum atomic E-state index is 14.5. The average molecular weight is 361 g/mol. The van der Waals surface area contributed by atoms with E-state index in [1.165, 1.54) is 17.8 Å². The molecule has 6 heteroatoms. The lowest BCUT2D eigenvalue weighted by Crippen LogP contribution is -2.09. The van der Waals surface area contributed by atoms with Crippen molar-refractivity contribution in [2.24, 2.45) is 4.99 Å². The maximum Gasteiger partial charge on any atom is 0.356 e. The summed E-state index contributed by atoms with van der Waals surface area (Å²) in [4.78, 5) is 20.2. The van der Waals surface area contributed by atoms with Gasteiger partial charge < -0.3 is 9.67 Å². The number of nitrogens with zero attached hydrogens (tertiary/aromatic N) is 3. The number of carbonyl (C=O) groups is 1. The van der Waals surface area contributed by atoms with E-state index in [0.29, 0.717) is 23.0 Å². The maximum absolute atomic E-state index is 14.5. The Morgan fingerprint density at radius 2 is 1.96 bits per heavy atom. The zero-order valence-electron chi connectivity index (χ0n) is 14.4. The van der Waals surface area contributed by atoms with Gasteiger partial charge in [0, 0.05) is 17.3 Å². The first-order chi connectivity index (χ1) is 13.1. The SMILES string of the molecule is O=C(O)c1cn2c(n1)CN=C(c1ccccc1F)c1cc(C3CC3)ccc1-2. The Labute approximate surface area is 154 Å². The number of aromatic nitrogens is 2. The highest BCUT2D eigenvalue weighted by atomic mass is 19.1. The Hall–Kier alpha value is -3.28. The molecular formula is C21H16FN3O2. The molecule has 1 aliphatic carbocycles. The zero-order valence-corrected chi connectivity index (χ0v) is 14.4. The van der Waals surface area contributed by atoms with Crippen LogP contribution >= 0.6 is 0 Å². The Morgan fingerprint density at radius 1 is 1.15 bits per heavy atom. The van der Waals surface area contributed by atoms with Crippen LogP contribution in [0.5, 0.6) is 0 Å². The molecule has 0 amide bonds. The summed E-state index contributed by atoms with van der Waals surface area (Å²) in [5, 5.41) is 9.28. The van der Waals surface area contributed by atoms with Crippen molar-refractivity contribution in [3.63, 3.8) is 0 Å². The minimum atomic E-state index is -1.08. The third-order valence-corrected chi connectivity index (χ3v) is 5.09. The molecule has 0 spiro atoms. The topological polar surface area (TPSA) is 67.5 Å². The number of aliphatic imine (C=N–C) groups is 1. The van der Waals surface area contributed by atoms with Crippen LogP contribution in [0.2, 0.25) is 0 Å². The Kier molecular flexibility index (Phi) is 3.47. The van der Waals surface area contributed by atoms with Crippen molar-refractivity contribution in [1.82, 2.24) is 9.55 Å². The van der Waals surface area contributed by atoms with E-state index in [2.05, 4.69) is 22.1 Å². The molecule has 2 aromatic carbocycles. The summed E-state index contributed by atoms with van der Waals surface area (Å²) in [5.74, 6) is -0.341. The fraction of sp³-hybridized carbons (Fsp3) is 0.190. The lowest BCUT2D eigenvalue weighted by Gasteiger charge is -2.14. The van der Waals surface area contributed by atoms with Crippen LogP contribution in [0, 0.1) is 5.82 Å². The average Bonchev–Trinajstić information content (AvgIpc) is 3.44. The largest absolute Gasteiger partial charge is 0.476 e. The Bertz CT molecular complexity index is 1110. The number of halogens is 1. The first-order valence-electron chi connectivity index (χ1n) is 8.87. The van der Waals surface area contributed by atoms with E-state index in [1.807, 2.05) is 6.07 Å². The van der Waals surface area contributed by atoms with Crippen molar-refractivity contribution in [1.29, 1.82) is 0 Å². The second-order valence-corrected chi connectivity index (χ2v) is 6.91. The third-order valence-electron chi connectivity index (χ3n) is 5.09. The molecule has 5 nitrogen and oxygen atoms in total. The molecule has 0 bridgehead atoms. The van der Waals surface area contributed by atoms with E-state index < -0.39 is 5.97 Å². The number of carboxylic acids is 1. The molecule has 0 unspecified atom stereocenters. The first kappa shape index (κ1) is 15.9. The van der Waals surface area contributed by atoms with Crippen LogP contribution in [-0.2, 0) is 6.54 Å². The molecule has 2 heterocycles.